The molecule has 3 rings (SSSR count). The summed E-state index contributed by atoms with van der Waals surface area (Å²) in [7, 11) is 0. The van der Waals surface area contributed by atoms with Gasteiger partial charge in [-0.1, -0.05) is 13.3 Å². The van der Waals surface area contributed by atoms with Crippen LogP contribution in [0.5, 0.6) is 5.75 Å². The number of thioether (sulfide) groups is 1. The van der Waals surface area contributed by atoms with E-state index in [-0.39, 0.29) is 18.4 Å². The van der Waals surface area contributed by atoms with Gasteiger partial charge in [0.05, 0.1) is 5.69 Å². The molecular formula is C17H22N2O3S. The van der Waals surface area contributed by atoms with E-state index < -0.39 is 0 Å². The maximum atomic E-state index is 12.8. The Hall–Kier alpha value is -1.69. The molecule has 2 heterocycles. The van der Waals surface area contributed by atoms with Crippen molar-refractivity contribution in [1.82, 2.24) is 4.90 Å². The molecule has 23 heavy (non-hydrogen) atoms. The maximum Gasteiger partial charge on any atom is 0.262 e. The molecule has 2 amide bonds. The first-order chi connectivity index (χ1) is 11.2. The number of carbonyl (C=O) groups is 2. The number of fused-ring (bicyclic) bond motifs is 1. The second kappa shape index (κ2) is 7.25. The molecule has 2 aliphatic heterocycles. The van der Waals surface area contributed by atoms with Crippen LogP contribution in [0.1, 0.15) is 36.5 Å². The fraction of sp³-hybridized carbons (Fsp3) is 0.529. The Labute approximate surface area is 140 Å². The molecule has 0 radical (unpaired) electrons. The first kappa shape index (κ1) is 16.2. The van der Waals surface area contributed by atoms with E-state index in [9.17, 15) is 9.59 Å². The molecule has 1 fully saturated rings. The second-order valence-corrected chi connectivity index (χ2v) is 7.45. The van der Waals surface area contributed by atoms with Crippen LogP contribution in [0, 0.1) is 0 Å². The summed E-state index contributed by atoms with van der Waals surface area (Å²) in [5.41, 5.74) is 1.26. The summed E-state index contributed by atoms with van der Waals surface area (Å²) < 4.78 is 5.41. The van der Waals surface area contributed by atoms with Crippen molar-refractivity contribution in [2.24, 2.45) is 0 Å². The molecule has 0 spiro atoms. The second-order valence-electron chi connectivity index (χ2n) is 5.87. The molecule has 1 aromatic carbocycles. The van der Waals surface area contributed by atoms with E-state index in [2.05, 4.69) is 12.2 Å². The molecule has 0 aliphatic carbocycles. The molecule has 1 aromatic rings. The van der Waals surface area contributed by atoms with Gasteiger partial charge in [-0.15, -0.1) is 0 Å². The van der Waals surface area contributed by atoms with Gasteiger partial charge in [0, 0.05) is 23.9 Å². The zero-order valence-corrected chi connectivity index (χ0v) is 14.2. The van der Waals surface area contributed by atoms with Gasteiger partial charge >= 0.3 is 0 Å². The Bertz CT molecular complexity index is 606. The van der Waals surface area contributed by atoms with Crippen molar-refractivity contribution >= 4 is 29.3 Å². The topological polar surface area (TPSA) is 58.6 Å². The van der Waals surface area contributed by atoms with Crippen molar-refractivity contribution in [3.63, 3.8) is 0 Å². The maximum absolute atomic E-state index is 12.8. The van der Waals surface area contributed by atoms with Crippen molar-refractivity contribution in [3.05, 3.63) is 23.8 Å². The highest BCUT2D eigenvalue weighted by atomic mass is 32.2. The largest absolute Gasteiger partial charge is 0.482 e. The SMILES string of the molecule is CCS[C@H]1CCCCN(C(=O)c2ccc3c(c2)OCC(=O)N3)C1. The summed E-state index contributed by atoms with van der Waals surface area (Å²) in [6, 6.07) is 5.25. The number of amides is 2. The van der Waals surface area contributed by atoms with Gasteiger partial charge in [-0.2, -0.15) is 11.8 Å². The lowest BCUT2D eigenvalue weighted by atomic mass is 10.1. The molecule has 1 saturated heterocycles. The van der Waals surface area contributed by atoms with Crippen LogP contribution in [0.25, 0.3) is 0 Å². The average molecular weight is 334 g/mol. The van der Waals surface area contributed by atoms with E-state index in [1.54, 1.807) is 18.2 Å². The van der Waals surface area contributed by atoms with Crippen LogP contribution < -0.4 is 10.1 Å². The number of anilines is 1. The number of hydrogen-bond acceptors (Lipinski definition) is 4. The number of benzene rings is 1. The molecule has 0 unspecified atom stereocenters. The van der Waals surface area contributed by atoms with E-state index in [0.717, 1.165) is 25.3 Å². The first-order valence-electron chi connectivity index (χ1n) is 8.15. The molecule has 1 atom stereocenters. The standard InChI is InChI=1S/C17H22N2O3S/c1-2-23-13-5-3-4-8-19(10-13)17(21)12-6-7-14-15(9-12)22-11-16(20)18-14/h6-7,9,13H,2-5,8,10-11H2,1H3,(H,18,20)/t13-/m0/s1. The van der Waals surface area contributed by atoms with Crippen LogP contribution in [0.2, 0.25) is 0 Å². The molecule has 6 heteroatoms. The van der Waals surface area contributed by atoms with E-state index in [1.807, 2.05) is 16.7 Å². The summed E-state index contributed by atoms with van der Waals surface area (Å²) in [5, 5.41) is 3.27. The van der Waals surface area contributed by atoms with Gasteiger partial charge in [-0.05, 0) is 36.8 Å². The van der Waals surface area contributed by atoms with E-state index in [1.165, 1.54) is 12.8 Å². The number of nitrogens with zero attached hydrogens (tertiary/aromatic N) is 1. The zero-order valence-electron chi connectivity index (χ0n) is 13.3. The molecule has 124 valence electrons. The minimum atomic E-state index is -0.163. The number of ether oxygens (including phenoxy) is 1. The third-order valence-corrected chi connectivity index (χ3v) is 5.37. The summed E-state index contributed by atoms with van der Waals surface area (Å²) in [4.78, 5) is 26.1. The highest BCUT2D eigenvalue weighted by molar-refractivity contribution is 7.99. The Morgan fingerprint density at radius 1 is 1.43 bits per heavy atom. The minimum absolute atomic E-state index is 0.00354. The van der Waals surface area contributed by atoms with Crippen molar-refractivity contribution in [3.8, 4) is 5.75 Å². The van der Waals surface area contributed by atoms with Crippen LogP contribution in [0.15, 0.2) is 18.2 Å². The molecule has 0 aromatic heterocycles. The number of hydrogen-bond donors (Lipinski definition) is 1. The average Bonchev–Trinajstić information content (AvgIpc) is 2.79. The lowest BCUT2D eigenvalue weighted by Crippen LogP contribution is -2.35. The Balaban J connectivity index is 1.75. The minimum Gasteiger partial charge on any atom is -0.482 e. The van der Waals surface area contributed by atoms with Gasteiger partial charge in [0.1, 0.15) is 5.75 Å². The third kappa shape index (κ3) is 3.80. The smallest absolute Gasteiger partial charge is 0.262 e. The Morgan fingerprint density at radius 3 is 3.13 bits per heavy atom. The predicted molar refractivity (Wildman–Crippen MR) is 92.2 cm³/mol. The fourth-order valence-electron chi connectivity index (χ4n) is 3.05. The fourth-order valence-corrected chi connectivity index (χ4v) is 4.14. The third-order valence-electron chi connectivity index (χ3n) is 4.18. The van der Waals surface area contributed by atoms with Crippen molar-refractivity contribution in [1.29, 1.82) is 0 Å². The van der Waals surface area contributed by atoms with E-state index in [0.29, 0.717) is 22.3 Å². The van der Waals surface area contributed by atoms with Gasteiger partial charge in [-0.3, -0.25) is 9.59 Å². The summed E-state index contributed by atoms with van der Waals surface area (Å²) in [6.07, 6.45) is 3.42. The quantitative estimate of drug-likeness (QED) is 0.923. The van der Waals surface area contributed by atoms with Crippen LogP contribution >= 0.6 is 11.8 Å². The van der Waals surface area contributed by atoms with Crippen molar-refractivity contribution in [2.75, 3.05) is 30.8 Å². The first-order valence-corrected chi connectivity index (χ1v) is 9.20. The summed E-state index contributed by atoms with van der Waals surface area (Å²) in [6.45, 7) is 3.79. The molecule has 0 saturated carbocycles. The van der Waals surface area contributed by atoms with Crippen molar-refractivity contribution in [2.45, 2.75) is 31.4 Å². The monoisotopic (exact) mass is 334 g/mol. The summed E-state index contributed by atoms with van der Waals surface area (Å²) >= 11 is 1.94. The number of carbonyl (C=O) groups excluding carboxylic acids is 2. The molecular weight excluding hydrogens is 312 g/mol. The molecule has 0 bridgehead atoms. The normalized spacial score (nSPS) is 21.0. The van der Waals surface area contributed by atoms with Gasteiger partial charge in [0.2, 0.25) is 0 Å². The van der Waals surface area contributed by atoms with Gasteiger partial charge < -0.3 is 15.0 Å². The lowest BCUT2D eigenvalue weighted by Gasteiger charge is -2.25. The molecule has 1 N–H and O–H groups in total. The zero-order chi connectivity index (χ0) is 16.2. The van der Waals surface area contributed by atoms with Gasteiger partial charge in [0.15, 0.2) is 6.61 Å². The predicted octanol–water partition coefficient (Wildman–Crippen LogP) is 2.77. The van der Waals surface area contributed by atoms with Crippen LogP contribution in [0.3, 0.4) is 0 Å². The van der Waals surface area contributed by atoms with Crippen molar-refractivity contribution < 1.29 is 14.3 Å². The Morgan fingerprint density at radius 2 is 2.30 bits per heavy atom. The highest BCUT2D eigenvalue weighted by Crippen LogP contribution is 2.30. The number of rotatable bonds is 3. The van der Waals surface area contributed by atoms with Gasteiger partial charge in [0.25, 0.3) is 11.8 Å². The van der Waals surface area contributed by atoms with Crippen LogP contribution in [-0.4, -0.2) is 47.4 Å². The van der Waals surface area contributed by atoms with E-state index >= 15 is 0 Å². The van der Waals surface area contributed by atoms with Crippen LogP contribution in [0.4, 0.5) is 5.69 Å². The number of nitrogens with one attached hydrogen (secondary N) is 1. The number of likely N-dealkylation sites (tertiary alicyclic amines) is 1. The van der Waals surface area contributed by atoms with Crippen LogP contribution in [-0.2, 0) is 4.79 Å². The highest BCUT2D eigenvalue weighted by Gasteiger charge is 2.24. The Kier molecular flexibility index (Phi) is 5.10. The van der Waals surface area contributed by atoms with Gasteiger partial charge in [-0.25, -0.2) is 0 Å². The summed E-state index contributed by atoms with van der Waals surface area (Å²) in [5.74, 6) is 1.55. The molecule has 2 aliphatic rings. The molecule has 5 nitrogen and oxygen atoms in total. The van der Waals surface area contributed by atoms with E-state index in [4.69, 9.17) is 4.74 Å². The lowest BCUT2D eigenvalue weighted by molar-refractivity contribution is -0.118.